The lowest BCUT2D eigenvalue weighted by Gasteiger charge is -2.24. The van der Waals surface area contributed by atoms with Crippen molar-refractivity contribution in [3.8, 4) is 0 Å². The topological polar surface area (TPSA) is 46.3 Å². The van der Waals surface area contributed by atoms with Crippen molar-refractivity contribution in [1.29, 1.82) is 0 Å². The first kappa shape index (κ1) is 15.1. The molecule has 0 aliphatic carbocycles. The Labute approximate surface area is 103 Å². The van der Waals surface area contributed by atoms with Crippen LogP contribution >= 0.6 is 24.2 Å². The Morgan fingerprint density at radius 3 is 2.80 bits per heavy atom. The molecule has 2 atom stereocenters. The van der Waals surface area contributed by atoms with Gasteiger partial charge in [0.05, 0.1) is 0 Å². The fourth-order valence-corrected chi connectivity index (χ4v) is 2.83. The van der Waals surface area contributed by atoms with E-state index in [2.05, 4.69) is 0 Å². The van der Waals surface area contributed by atoms with E-state index in [1.165, 1.54) is 5.75 Å². The van der Waals surface area contributed by atoms with Crippen LogP contribution in [-0.4, -0.2) is 41.4 Å². The van der Waals surface area contributed by atoms with Gasteiger partial charge in [-0.2, -0.15) is 11.8 Å². The molecule has 5 heteroatoms. The highest BCUT2D eigenvalue weighted by Gasteiger charge is 2.23. The van der Waals surface area contributed by atoms with Crippen LogP contribution in [0.25, 0.3) is 0 Å². The monoisotopic (exact) mass is 252 g/mol. The molecule has 0 bridgehead atoms. The van der Waals surface area contributed by atoms with E-state index in [-0.39, 0.29) is 24.4 Å². The maximum atomic E-state index is 11.7. The van der Waals surface area contributed by atoms with Gasteiger partial charge < -0.3 is 10.6 Å². The summed E-state index contributed by atoms with van der Waals surface area (Å²) in [4.78, 5) is 13.6. The number of amides is 1. The first-order valence-corrected chi connectivity index (χ1v) is 6.35. The smallest absolute Gasteiger partial charge is 0.222 e. The number of halogens is 1. The first-order chi connectivity index (χ1) is 6.61. The van der Waals surface area contributed by atoms with Crippen molar-refractivity contribution in [2.75, 3.05) is 18.6 Å². The molecule has 1 rings (SSSR count). The third kappa shape index (κ3) is 5.09. The molecule has 0 radical (unpaired) electrons. The average molecular weight is 253 g/mol. The van der Waals surface area contributed by atoms with Crippen LogP contribution in [0.4, 0.5) is 0 Å². The van der Waals surface area contributed by atoms with Gasteiger partial charge in [-0.05, 0) is 25.5 Å². The largest absolute Gasteiger partial charge is 0.342 e. The number of hydrogen-bond acceptors (Lipinski definition) is 3. The average Bonchev–Trinajstić information content (AvgIpc) is 2.65. The molecule has 1 amide bonds. The van der Waals surface area contributed by atoms with Crippen molar-refractivity contribution in [3.05, 3.63) is 0 Å². The van der Waals surface area contributed by atoms with Gasteiger partial charge in [0.1, 0.15) is 0 Å². The summed E-state index contributed by atoms with van der Waals surface area (Å²) < 4.78 is 0. The van der Waals surface area contributed by atoms with E-state index in [0.29, 0.717) is 12.5 Å². The maximum Gasteiger partial charge on any atom is 0.222 e. The molecule has 1 heterocycles. The predicted octanol–water partition coefficient (Wildman–Crippen LogP) is 1.50. The molecule has 0 saturated carbocycles. The van der Waals surface area contributed by atoms with Crippen LogP contribution in [0.2, 0.25) is 0 Å². The summed E-state index contributed by atoms with van der Waals surface area (Å²) in [6.07, 6.45) is 2.53. The SMILES string of the molecule is CC(N)CCC(=O)N(C)C1CCSC1.Cl. The second-order valence-electron chi connectivity index (χ2n) is 4.04. The Bertz CT molecular complexity index is 196. The minimum absolute atomic E-state index is 0. The van der Waals surface area contributed by atoms with Gasteiger partial charge in [0, 0.05) is 31.3 Å². The lowest BCUT2D eigenvalue weighted by atomic mass is 10.1. The zero-order valence-electron chi connectivity index (χ0n) is 9.44. The summed E-state index contributed by atoms with van der Waals surface area (Å²) in [6, 6.07) is 0.589. The molecule has 1 fully saturated rings. The maximum absolute atomic E-state index is 11.7. The summed E-state index contributed by atoms with van der Waals surface area (Å²) >= 11 is 1.93. The molecule has 2 N–H and O–H groups in total. The van der Waals surface area contributed by atoms with E-state index >= 15 is 0 Å². The van der Waals surface area contributed by atoms with Gasteiger partial charge in [-0.25, -0.2) is 0 Å². The van der Waals surface area contributed by atoms with Gasteiger partial charge >= 0.3 is 0 Å². The second kappa shape index (κ2) is 7.36. The Balaban J connectivity index is 0.00000196. The number of carbonyl (C=O) groups is 1. The Morgan fingerprint density at radius 2 is 2.33 bits per heavy atom. The van der Waals surface area contributed by atoms with Crippen LogP contribution in [0.5, 0.6) is 0 Å². The van der Waals surface area contributed by atoms with Gasteiger partial charge in [-0.3, -0.25) is 4.79 Å². The van der Waals surface area contributed by atoms with E-state index in [9.17, 15) is 4.79 Å². The van der Waals surface area contributed by atoms with Crippen LogP contribution < -0.4 is 5.73 Å². The third-order valence-corrected chi connectivity index (χ3v) is 3.81. The fourth-order valence-electron chi connectivity index (χ4n) is 1.56. The fraction of sp³-hybridized carbons (Fsp3) is 0.900. The molecule has 0 spiro atoms. The summed E-state index contributed by atoms with van der Waals surface area (Å²) in [5.41, 5.74) is 5.62. The number of hydrogen-bond donors (Lipinski definition) is 1. The lowest BCUT2D eigenvalue weighted by Crippen LogP contribution is -2.37. The third-order valence-electron chi connectivity index (χ3n) is 2.66. The highest BCUT2D eigenvalue weighted by atomic mass is 35.5. The van der Waals surface area contributed by atoms with Crippen molar-refractivity contribution in [2.24, 2.45) is 5.73 Å². The zero-order chi connectivity index (χ0) is 10.6. The van der Waals surface area contributed by atoms with Crippen molar-refractivity contribution in [2.45, 2.75) is 38.3 Å². The standard InChI is InChI=1S/C10H20N2OS.ClH/c1-8(11)3-4-10(13)12(2)9-5-6-14-7-9;/h8-9H,3-7,11H2,1-2H3;1H. The van der Waals surface area contributed by atoms with Crippen LogP contribution in [0.3, 0.4) is 0 Å². The number of carbonyl (C=O) groups excluding carboxylic acids is 1. The van der Waals surface area contributed by atoms with Gasteiger partial charge in [-0.1, -0.05) is 0 Å². The van der Waals surface area contributed by atoms with Crippen molar-refractivity contribution >= 4 is 30.1 Å². The summed E-state index contributed by atoms with van der Waals surface area (Å²) in [5.74, 6) is 2.53. The molecule has 1 aliphatic heterocycles. The van der Waals surface area contributed by atoms with Crippen LogP contribution in [-0.2, 0) is 4.79 Å². The molecule has 0 aromatic carbocycles. The van der Waals surface area contributed by atoms with Crippen LogP contribution in [0, 0.1) is 0 Å². The van der Waals surface area contributed by atoms with E-state index in [1.807, 2.05) is 30.6 Å². The van der Waals surface area contributed by atoms with Gasteiger partial charge in [0.25, 0.3) is 0 Å². The molecule has 0 aromatic rings. The van der Waals surface area contributed by atoms with E-state index in [0.717, 1.165) is 18.6 Å². The summed E-state index contributed by atoms with van der Waals surface area (Å²) in [7, 11) is 1.92. The quantitative estimate of drug-likeness (QED) is 0.825. The van der Waals surface area contributed by atoms with Crippen molar-refractivity contribution in [3.63, 3.8) is 0 Å². The van der Waals surface area contributed by atoms with Gasteiger partial charge in [0.2, 0.25) is 5.91 Å². The Hall–Kier alpha value is 0.0700. The molecule has 0 aromatic heterocycles. The van der Waals surface area contributed by atoms with E-state index in [1.54, 1.807) is 0 Å². The lowest BCUT2D eigenvalue weighted by molar-refractivity contribution is -0.131. The highest BCUT2D eigenvalue weighted by molar-refractivity contribution is 7.99. The Morgan fingerprint density at radius 1 is 1.67 bits per heavy atom. The van der Waals surface area contributed by atoms with E-state index in [4.69, 9.17) is 5.73 Å². The molecular weight excluding hydrogens is 232 g/mol. The molecule has 1 saturated heterocycles. The van der Waals surface area contributed by atoms with Gasteiger partial charge in [-0.15, -0.1) is 12.4 Å². The number of thioether (sulfide) groups is 1. The van der Waals surface area contributed by atoms with Crippen molar-refractivity contribution < 1.29 is 4.79 Å². The molecular formula is C10H21ClN2OS. The minimum atomic E-state index is 0. The number of nitrogens with two attached hydrogens (primary N) is 1. The molecule has 3 nitrogen and oxygen atoms in total. The van der Waals surface area contributed by atoms with Crippen LogP contribution in [0.1, 0.15) is 26.2 Å². The van der Waals surface area contributed by atoms with Crippen molar-refractivity contribution in [1.82, 2.24) is 4.90 Å². The molecule has 1 aliphatic rings. The zero-order valence-corrected chi connectivity index (χ0v) is 11.1. The summed E-state index contributed by atoms with van der Waals surface area (Å²) in [6.45, 7) is 1.94. The number of nitrogens with zero attached hydrogens (tertiary/aromatic N) is 1. The predicted molar refractivity (Wildman–Crippen MR) is 68.6 cm³/mol. The van der Waals surface area contributed by atoms with Gasteiger partial charge in [0.15, 0.2) is 0 Å². The summed E-state index contributed by atoms with van der Waals surface area (Å²) in [5, 5.41) is 0. The first-order valence-electron chi connectivity index (χ1n) is 5.20. The highest BCUT2D eigenvalue weighted by Crippen LogP contribution is 2.21. The molecule has 90 valence electrons. The van der Waals surface area contributed by atoms with Crippen LogP contribution in [0.15, 0.2) is 0 Å². The number of rotatable bonds is 4. The Kier molecular flexibility index (Phi) is 7.40. The minimum Gasteiger partial charge on any atom is -0.342 e. The normalized spacial score (nSPS) is 21.9. The second-order valence-corrected chi connectivity index (χ2v) is 5.19. The molecule has 2 unspecified atom stereocenters. The van der Waals surface area contributed by atoms with E-state index < -0.39 is 0 Å². The molecule has 15 heavy (non-hydrogen) atoms.